The van der Waals surface area contributed by atoms with Crippen molar-refractivity contribution in [3.8, 4) is 11.4 Å². The van der Waals surface area contributed by atoms with Crippen LogP contribution in [0.15, 0.2) is 22.7 Å². The summed E-state index contributed by atoms with van der Waals surface area (Å²) in [5, 5.41) is 4.82. The third-order valence-corrected chi connectivity index (χ3v) is 5.73. The highest BCUT2D eigenvalue weighted by molar-refractivity contribution is 5.89. The maximum atomic E-state index is 14.8. The van der Waals surface area contributed by atoms with Crippen LogP contribution < -0.4 is 4.90 Å². The first-order chi connectivity index (χ1) is 14.1. The molecule has 0 bridgehead atoms. The summed E-state index contributed by atoms with van der Waals surface area (Å²) >= 11 is 0. The summed E-state index contributed by atoms with van der Waals surface area (Å²) in [5.41, 5.74) is 2.02. The van der Waals surface area contributed by atoms with Crippen LogP contribution >= 0.6 is 0 Å². The van der Waals surface area contributed by atoms with Crippen LogP contribution in [0.3, 0.4) is 0 Å². The fourth-order valence-electron chi connectivity index (χ4n) is 4.16. The van der Waals surface area contributed by atoms with E-state index in [-0.39, 0.29) is 5.82 Å². The Morgan fingerprint density at radius 3 is 2.52 bits per heavy atom. The summed E-state index contributed by atoms with van der Waals surface area (Å²) in [6.07, 6.45) is 2.21. The maximum Gasteiger partial charge on any atom is 0.223 e. The lowest BCUT2D eigenvalue weighted by Crippen LogP contribution is -2.45. The van der Waals surface area contributed by atoms with Gasteiger partial charge in [0.25, 0.3) is 0 Å². The molecule has 0 atom stereocenters. The zero-order chi connectivity index (χ0) is 20.0. The van der Waals surface area contributed by atoms with Gasteiger partial charge < -0.3 is 18.9 Å². The minimum Gasteiger partial charge on any atom is -0.356 e. The summed E-state index contributed by atoms with van der Waals surface area (Å²) in [6.45, 7) is 6.40. The van der Waals surface area contributed by atoms with Crippen molar-refractivity contribution < 1.29 is 18.4 Å². The minimum atomic E-state index is -0.489. The number of ether oxygens (including phenoxy) is 2. The van der Waals surface area contributed by atoms with Crippen molar-refractivity contribution in [3.05, 3.63) is 35.5 Å². The van der Waals surface area contributed by atoms with E-state index in [2.05, 4.69) is 15.0 Å². The highest BCUT2D eigenvalue weighted by Crippen LogP contribution is 2.37. The molecule has 0 amide bonds. The molecule has 2 aliphatic heterocycles. The second-order valence-electron chi connectivity index (χ2n) is 7.59. The van der Waals surface area contributed by atoms with Gasteiger partial charge in [0.2, 0.25) is 11.7 Å². The summed E-state index contributed by atoms with van der Waals surface area (Å²) in [5.74, 6) is 0.798. The number of pyridine rings is 1. The van der Waals surface area contributed by atoms with Gasteiger partial charge >= 0.3 is 0 Å². The Labute approximate surface area is 167 Å². The fraction of sp³-hybridized carbons (Fsp3) is 0.476. The van der Waals surface area contributed by atoms with Crippen LogP contribution in [-0.4, -0.2) is 47.2 Å². The number of benzene rings is 1. The van der Waals surface area contributed by atoms with E-state index in [1.54, 1.807) is 13.0 Å². The summed E-state index contributed by atoms with van der Waals surface area (Å²) in [4.78, 5) is 11.2. The highest BCUT2D eigenvalue weighted by Gasteiger charge is 2.40. The van der Waals surface area contributed by atoms with E-state index in [0.29, 0.717) is 49.4 Å². The average molecular weight is 398 g/mol. The molecule has 0 radical (unpaired) electrons. The maximum absolute atomic E-state index is 14.8. The van der Waals surface area contributed by atoms with Crippen molar-refractivity contribution in [1.29, 1.82) is 0 Å². The van der Waals surface area contributed by atoms with Crippen LogP contribution in [0.25, 0.3) is 22.3 Å². The third-order valence-electron chi connectivity index (χ3n) is 5.73. The largest absolute Gasteiger partial charge is 0.356 e. The molecule has 5 rings (SSSR count). The van der Waals surface area contributed by atoms with Crippen LogP contribution in [0.4, 0.5) is 10.2 Å². The lowest BCUT2D eigenvalue weighted by molar-refractivity contribution is -0.169. The van der Waals surface area contributed by atoms with Crippen molar-refractivity contribution in [2.45, 2.75) is 38.9 Å². The fourth-order valence-corrected chi connectivity index (χ4v) is 4.16. The number of aryl methyl sites for hydroxylation is 2. The second kappa shape index (κ2) is 7.03. The quantitative estimate of drug-likeness (QED) is 0.667. The molecule has 152 valence electrons. The van der Waals surface area contributed by atoms with Gasteiger partial charge in [-0.25, -0.2) is 9.37 Å². The zero-order valence-corrected chi connectivity index (χ0v) is 16.6. The number of halogens is 1. The van der Waals surface area contributed by atoms with E-state index in [4.69, 9.17) is 19.0 Å². The Morgan fingerprint density at radius 1 is 1.10 bits per heavy atom. The second-order valence-corrected chi connectivity index (χ2v) is 7.59. The predicted molar refractivity (Wildman–Crippen MR) is 105 cm³/mol. The normalized spacial score (nSPS) is 18.8. The zero-order valence-electron chi connectivity index (χ0n) is 16.6. The molecule has 8 heteroatoms. The van der Waals surface area contributed by atoms with E-state index in [1.807, 2.05) is 19.1 Å². The number of hydrogen-bond donors (Lipinski definition) is 0. The third kappa shape index (κ3) is 3.26. The van der Waals surface area contributed by atoms with Gasteiger partial charge in [0.05, 0.1) is 18.8 Å². The van der Waals surface area contributed by atoms with E-state index in [1.165, 1.54) is 0 Å². The Hall–Kier alpha value is -2.58. The molecule has 2 aliphatic rings. The number of rotatable bonds is 3. The SMILES string of the molecule is CCc1cc(F)c2nc(N3CCC4(CC3)OCCO4)c(-c3noc(C)n3)cc2c1. The van der Waals surface area contributed by atoms with E-state index in [9.17, 15) is 4.39 Å². The van der Waals surface area contributed by atoms with E-state index < -0.39 is 5.79 Å². The van der Waals surface area contributed by atoms with Crippen molar-refractivity contribution >= 4 is 16.7 Å². The first-order valence-corrected chi connectivity index (χ1v) is 10.0. The molecule has 1 aromatic carbocycles. The van der Waals surface area contributed by atoms with Crippen molar-refractivity contribution in [2.75, 3.05) is 31.2 Å². The highest BCUT2D eigenvalue weighted by atomic mass is 19.1. The Bertz CT molecular complexity index is 1050. The lowest BCUT2D eigenvalue weighted by atomic mass is 10.0. The van der Waals surface area contributed by atoms with Crippen LogP contribution in [-0.2, 0) is 15.9 Å². The molecular formula is C21H23FN4O3. The van der Waals surface area contributed by atoms with Gasteiger partial charge in [0.1, 0.15) is 17.2 Å². The Kier molecular flexibility index (Phi) is 4.48. The molecular weight excluding hydrogens is 375 g/mol. The molecule has 29 heavy (non-hydrogen) atoms. The molecule has 3 aromatic rings. The van der Waals surface area contributed by atoms with Crippen molar-refractivity contribution in [1.82, 2.24) is 15.1 Å². The number of nitrogens with zero attached hydrogens (tertiary/aromatic N) is 4. The van der Waals surface area contributed by atoms with Crippen molar-refractivity contribution in [3.63, 3.8) is 0 Å². The van der Waals surface area contributed by atoms with Gasteiger partial charge in [0.15, 0.2) is 5.79 Å². The van der Waals surface area contributed by atoms with Crippen LogP contribution in [0.1, 0.15) is 31.2 Å². The molecule has 0 unspecified atom stereocenters. The summed E-state index contributed by atoms with van der Waals surface area (Å²) < 4.78 is 31.6. The Balaban J connectivity index is 1.60. The predicted octanol–water partition coefficient (Wildman–Crippen LogP) is 3.64. The summed E-state index contributed by atoms with van der Waals surface area (Å²) in [6, 6.07) is 5.44. The number of fused-ring (bicyclic) bond motifs is 1. The standard InChI is InChI=1S/C21H23FN4O3/c1-3-14-10-15-12-16(19-23-13(2)29-25-19)20(24-18(15)17(22)11-14)26-6-4-21(5-7-26)27-8-9-28-21/h10-12H,3-9H2,1-2H3. The van der Waals surface area contributed by atoms with Crippen LogP contribution in [0, 0.1) is 12.7 Å². The van der Waals surface area contributed by atoms with Crippen LogP contribution in [0.5, 0.6) is 0 Å². The number of piperidine rings is 1. The van der Waals surface area contributed by atoms with E-state index >= 15 is 0 Å². The lowest BCUT2D eigenvalue weighted by Gasteiger charge is -2.38. The smallest absolute Gasteiger partial charge is 0.223 e. The monoisotopic (exact) mass is 398 g/mol. The average Bonchev–Trinajstić information content (AvgIpc) is 3.37. The Morgan fingerprint density at radius 2 is 1.86 bits per heavy atom. The number of hydrogen-bond acceptors (Lipinski definition) is 7. The molecule has 4 heterocycles. The minimum absolute atomic E-state index is 0.313. The van der Waals surface area contributed by atoms with Gasteiger partial charge in [-0.15, -0.1) is 0 Å². The molecule has 2 saturated heterocycles. The van der Waals surface area contributed by atoms with Gasteiger partial charge in [-0.05, 0) is 30.2 Å². The first-order valence-electron chi connectivity index (χ1n) is 10.0. The van der Waals surface area contributed by atoms with Crippen LogP contribution in [0.2, 0.25) is 0 Å². The topological polar surface area (TPSA) is 73.5 Å². The number of aromatic nitrogens is 3. The molecule has 7 nitrogen and oxygen atoms in total. The molecule has 0 saturated carbocycles. The first kappa shape index (κ1) is 18.4. The molecule has 2 aromatic heterocycles. The van der Waals surface area contributed by atoms with Crippen molar-refractivity contribution in [2.24, 2.45) is 0 Å². The summed E-state index contributed by atoms with van der Waals surface area (Å²) in [7, 11) is 0. The molecule has 0 N–H and O–H groups in total. The molecule has 0 aliphatic carbocycles. The molecule has 1 spiro atoms. The van der Waals surface area contributed by atoms with E-state index in [0.717, 1.165) is 35.8 Å². The molecule has 2 fully saturated rings. The van der Waals surface area contributed by atoms with Gasteiger partial charge in [-0.2, -0.15) is 4.98 Å². The number of anilines is 1. The van der Waals surface area contributed by atoms with Gasteiger partial charge in [-0.1, -0.05) is 12.1 Å². The van der Waals surface area contributed by atoms with Gasteiger partial charge in [-0.3, -0.25) is 0 Å². The van der Waals surface area contributed by atoms with Gasteiger partial charge in [0, 0.05) is 38.2 Å².